The summed E-state index contributed by atoms with van der Waals surface area (Å²) in [6, 6.07) is 3.31. The average molecular weight is 324 g/mol. The van der Waals surface area contributed by atoms with Crippen LogP contribution >= 0.6 is 0 Å². The number of halogens is 1. The van der Waals surface area contributed by atoms with Gasteiger partial charge in [-0.25, -0.2) is 21.2 Å². The van der Waals surface area contributed by atoms with Crippen LogP contribution in [0.4, 0.5) is 4.39 Å². The summed E-state index contributed by atoms with van der Waals surface area (Å²) in [6.07, 6.45) is 1.03. The normalized spacial score (nSPS) is 12.8. The number of benzene rings is 1. The van der Waals surface area contributed by atoms with Crippen LogP contribution in [-0.4, -0.2) is 46.7 Å². The molecular weight excluding hydrogens is 307 g/mol. The van der Waals surface area contributed by atoms with Crippen LogP contribution in [0.25, 0.3) is 0 Å². The molecule has 0 heterocycles. The molecule has 0 bridgehead atoms. The molecule has 0 aromatic heterocycles. The summed E-state index contributed by atoms with van der Waals surface area (Å²) >= 11 is 0. The Morgan fingerprint density at radius 2 is 1.85 bits per heavy atom. The van der Waals surface area contributed by atoms with Crippen molar-refractivity contribution in [2.75, 3.05) is 25.6 Å². The molecular formula is C11H17FN2O4S2. The summed E-state index contributed by atoms with van der Waals surface area (Å²) in [5.41, 5.74) is 5.41. The molecule has 114 valence electrons. The standard InChI is InChI=1S/C11H17FN2O4S2/c1-14(5-6-19(2,15)16)20(17,18)10-3-4-11(12)9(7-10)8-13/h3-4,7H,5-6,8,13H2,1-2H3. The van der Waals surface area contributed by atoms with E-state index in [1.807, 2.05) is 0 Å². The maximum atomic E-state index is 13.3. The molecule has 0 amide bonds. The van der Waals surface area contributed by atoms with Crippen LogP contribution in [-0.2, 0) is 26.4 Å². The van der Waals surface area contributed by atoms with Crippen molar-refractivity contribution in [3.05, 3.63) is 29.6 Å². The summed E-state index contributed by atoms with van der Waals surface area (Å²) in [5.74, 6) is -0.863. The minimum Gasteiger partial charge on any atom is -0.326 e. The zero-order valence-electron chi connectivity index (χ0n) is 11.2. The maximum Gasteiger partial charge on any atom is 0.242 e. The Kier molecular flexibility index (Phi) is 5.25. The van der Waals surface area contributed by atoms with Crippen LogP contribution in [0.5, 0.6) is 0 Å². The second kappa shape index (κ2) is 6.17. The van der Waals surface area contributed by atoms with Crippen molar-refractivity contribution < 1.29 is 21.2 Å². The molecule has 0 atom stereocenters. The fourth-order valence-corrected chi connectivity index (χ4v) is 3.41. The summed E-state index contributed by atoms with van der Waals surface area (Å²) in [5, 5.41) is 0. The van der Waals surface area contributed by atoms with Gasteiger partial charge in [0, 0.05) is 32.0 Å². The average Bonchev–Trinajstić information content (AvgIpc) is 2.35. The zero-order valence-corrected chi connectivity index (χ0v) is 12.8. The first-order chi connectivity index (χ1) is 9.08. The first kappa shape index (κ1) is 17.0. The van der Waals surface area contributed by atoms with Crippen LogP contribution in [0.1, 0.15) is 5.56 Å². The summed E-state index contributed by atoms with van der Waals surface area (Å²) in [4.78, 5) is -0.115. The Bertz CT molecular complexity index is 686. The molecule has 0 spiro atoms. The fourth-order valence-electron chi connectivity index (χ4n) is 1.46. The Labute approximate surface area is 118 Å². The highest BCUT2D eigenvalue weighted by atomic mass is 32.2. The molecule has 9 heteroatoms. The highest BCUT2D eigenvalue weighted by Gasteiger charge is 2.22. The van der Waals surface area contributed by atoms with Gasteiger partial charge in [0.05, 0.1) is 10.6 Å². The highest BCUT2D eigenvalue weighted by molar-refractivity contribution is 7.91. The van der Waals surface area contributed by atoms with Crippen molar-refractivity contribution >= 4 is 19.9 Å². The first-order valence-electron chi connectivity index (χ1n) is 5.70. The Morgan fingerprint density at radius 1 is 1.25 bits per heavy atom. The molecule has 1 rings (SSSR count). The number of sulfone groups is 1. The third kappa shape index (κ3) is 4.23. The number of hydrogen-bond donors (Lipinski definition) is 1. The van der Waals surface area contributed by atoms with Crippen LogP contribution < -0.4 is 5.73 Å². The van der Waals surface area contributed by atoms with Crippen molar-refractivity contribution in [2.24, 2.45) is 5.73 Å². The molecule has 0 unspecified atom stereocenters. The molecule has 0 saturated heterocycles. The van der Waals surface area contributed by atoms with Crippen LogP contribution in [0, 0.1) is 5.82 Å². The van der Waals surface area contributed by atoms with Gasteiger partial charge in [0.2, 0.25) is 10.0 Å². The third-order valence-corrected chi connectivity index (χ3v) is 5.50. The van der Waals surface area contributed by atoms with E-state index in [-0.39, 0.29) is 29.3 Å². The lowest BCUT2D eigenvalue weighted by Gasteiger charge is -2.17. The van der Waals surface area contributed by atoms with E-state index in [0.29, 0.717) is 0 Å². The van der Waals surface area contributed by atoms with Gasteiger partial charge in [0.25, 0.3) is 0 Å². The molecule has 0 aliphatic heterocycles. The van der Waals surface area contributed by atoms with Gasteiger partial charge in [-0.1, -0.05) is 0 Å². The SMILES string of the molecule is CN(CCS(C)(=O)=O)S(=O)(=O)c1ccc(F)c(CN)c1. The molecule has 1 aromatic carbocycles. The van der Waals surface area contributed by atoms with Crippen LogP contribution in [0.2, 0.25) is 0 Å². The van der Waals surface area contributed by atoms with Gasteiger partial charge >= 0.3 is 0 Å². The van der Waals surface area contributed by atoms with E-state index in [9.17, 15) is 21.2 Å². The summed E-state index contributed by atoms with van der Waals surface area (Å²) in [6.45, 7) is -0.293. The quantitative estimate of drug-likeness (QED) is 0.791. The lowest BCUT2D eigenvalue weighted by molar-refractivity contribution is 0.484. The topological polar surface area (TPSA) is 97.5 Å². The predicted molar refractivity (Wildman–Crippen MR) is 73.8 cm³/mol. The first-order valence-corrected chi connectivity index (χ1v) is 9.20. The minimum absolute atomic E-state index is 0.0857. The smallest absolute Gasteiger partial charge is 0.242 e. The zero-order chi connectivity index (χ0) is 15.6. The third-order valence-electron chi connectivity index (χ3n) is 2.72. The maximum absolute atomic E-state index is 13.3. The number of sulfonamides is 1. The van der Waals surface area contributed by atoms with Gasteiger partial charge in [0.1, 0.15) is 15.7 Å². The highest BCUT2D eigenvalue weighted by Crippen LogP contribution is 2.18. The Morgan fingerprint density at radius 3 is 2.35 bits per heavy atom. The van der Waals surface area contributed by atoms with Gasteiger partial charge in [-0.05, 0) is 18.2 Å². The van der Waals surface area contributed by atoms with E-state index in [4.69, 9.17) is 5.73 Å². The van der Waals surface area contributed by atoms with Crippen molar-refractivity contribution in [1.82, 2.24) is 4.31 Å². The molecule has 0 fully saturated rings. The summed E-state index contributed by atoms with van der Waals surface area (Å²) in [7, 11) is -5.86. The van der Waals surface area contributed by atoms with E-state index in [0.717, 1.165) is 28.8 Å². The molecule has 0 radical (unpaired) electrons. The molecule has 0 saturated carbocycles. The molecule has 0 aliphatic carbocycles. The van der Waals surface area contributed by atoms with Crippen molar-refractivity contribution in [3.63, 3.8) is 0 Å². The van der Waals surface area contributed by atoms with E-state index in [1.54, 1.807) is 0 Å². The second-order valence-electron chi connectivity index (χ2n) is 4.41. The van der Waals surface area contributed by atoms with Gasteiger partial charge in [-0.2, -0.15) is 4.31 Å². The van der Waals surface area contributed by atoms with E-state index >= 15 is 0 Å². The van der Waals surface area contributed by atoms with Crippen molar-refractivity contribution in [2.45, 2.75) is 11.4 Å². The van der Waals surface area contributed by atoms with E-state index in [1.165, 1.54) is 7.05 Å². The van der Waals surface area contributed by atoms with E-state index < -0.39 is 25.7 Å². The number of nitrogens with two attached hydrogens (primary N) is 1. The molecule has 20 heavy (non-hydrogen) atoms. The second-order valence-corrected chi connectivity index (χ2v) is 8.72. The largest absolute Gasteiger partial charge is 0.326 e. The molecule has 1 aromatic rings. The molecule has 2 N–H and O–H groups in total. The number of hydrogen-bond acceptors (Lipinski definition) is 5. The van der Waals surface area contributed by atoms with E-state index in [2.05, 4.69) is 0 Å². The predicted octanol–water partition coefficient (Wildman–Crippen LogP) is -0.0505. The Hall–Kier alpha value is -1.03. The monoisotopic (exact) mass is 324 g/mol. The minimum atomic E-state index is -3.86. The van der Waals surface area contributed by atoms with Crippen LogP contribution in [0.3, 0.4) is 0 Å². The van der Waals surface area contributed by atoms with Crippen molar-refractivity contribution in [3.8, 4) is 0 Å². The van der Waals surface area contributed by atoms with Gasteiger partial charge in [-0.15, -0.1) is 0 Å². The van der Waals surface area contributed by atoms with Crippen molar-refractivity contribution in [1.29, 1.82) is 0 Å². The van der Waals surface area contributed by atoms with Crippen LogP contribution in [0.15, 0.2) is 23.1 Å². The molecule has 6 nitrogen and oxygen atoms in total. The lowest BCUT2D eigenvalue weighted by Crippen LogP contribution is -2.31. The summed E-state index contributed by atoms with van der Waals surface area (Å²) < 4.78 is 60.7. The Balaban J connectivity index is 3.04. The number of nitrogens with zero attached hydrogens (tertiary/aromatic N) is 1. The van der Waals surface area contributed by atoms with Gasteiger partial charge in [0.15, 0.2) is 0 Å². The molecule has 0 aliphatic rings. The van der Waals surface area contributed by atoms with Gasteiger partial charge in [-0.3, -0.25) is 0 Å². The van der Waals surface area contributed by atoms with Gasteiger partial charge < -0.3 is 5.73 Å². The number of rotatable bonds is 6. The fraction of sp³-hybridized carbons (Fsp3) is 0.455. The lowest BCUT2D eigenvalue weighted by atomic mass is 10.2.